The van der Waals surface area contributed by atoms with Gasteiger partial charge in [0.1, 0.15) is 5.65 Å². The van der Waals surface area contributed by atoms with Gasteiger partial charge in [0, 0.05) is 37.0 Å². The summed E-state index contributed by atoms with van der Waals surface area (Å²) in [4.78, 5) is 7.40. The van der Waals surface area contributed by atoms with Gasteiger partial charge >= 0.3 is 0 Å². The lowest BCUT2D eigenvalue weighted by molar-refractivity contribution is 0.252. The van der Waals surface area contributed by atoms with Crippen molar-refractivity contribution >= 4 is 11.0 Å². The number of aliphatic hydroxyl groups excluding tert-OH is 2. The van der Waals surface area contributed by atoms with Crippen molar-refractivity contribution in [2.75, 3.05) is 13.7 Å². The van der Waals surface area contributed by atoms with Crippen LogP contribution in [0.15, 0.2) is 24.5 Å². The molecule has 2 aromatic rings. The number of nitrogens with one attached hydrogen (secondary N) is 2. The zero-order valence-corrected chi connectivity index (χ0v) is 10.4. The van der Waals surface area contributed by atoms with E-state index in [9.17, 15) is 0 Å². The van der Waals surface area contributed by atoms with E-state index in [2.05, 4.69) is 27.4 Å². The molecular weight excluding hydrogens is 230 g/mol. The fraction of sp³-hybridized carbons (Fsp3) is 0.462. The van der Waals surface area contributed by atoms with E-state index in [0.717, 1.165) is 25.6 Å². The summed E-state index contributed by atoms with van der Waals surface area (Å²) in [6.45, 7) is 0.220. The number of pyridine rings is 1. The fourth-order valence-corrected chi connectivity index (χ4v) is 2.49. The number of aromatic nitrogens is 2. The second-order valence-corrected chi connectivity index (χ2v) is 4.32. The van der Waals surface area contributed by atoms with E-state index in [1.165, 1.54) is 10.9 Å². The summed E-state index contributed by atoms with van der Waals surface area (Å²) >= 11 is 0. The topological polar surface area (TPSA) is 81.2 Å². The van der Waals surface area contributed by atoms with Gasteiger partial charge in [-0.05, 0) is 30.5 Å². The van der Waals surface area contributed by atoms with Crippen LogP contribution >= 0.6 is 0 Å². The van der Waals surface area contributed by atoms with Crippen LogP contribution in [0.3, 0.4) is 0 Å². The lowest BCUT2D eigenvalue weighted by Crippen LogP contribution is -2.27. The Labute approximate surface area is 106 Å². The number of hydrogen-bond donors (Lipinski definition) is 4. The van der Waals surface area contributed by atoms with Crippen molar-refractivity contribution in [1.82, 2.24) is 15.3 Å². The molecule has 0 bridgehead atoms. The molecule has 1 aliphatic rings. The first-order valence-corrected chi connectivity index (χ1v) is 6.12. The summed E-state index contributed by atoms with van der Waals surface area (Å²) in [7, 11) is 1.00. The summed E-state index contributed by atoms with van der Waals surface area (Å²) < 4.78 is 0. The maximum absolute atomic E-state index is 9.12. The molecule has 3 heterocycles. The molecule has 3 rings (SSSR count). The number of aromatic amines is 1. The molecule has 2 aromatic heterocycles. The highest BCUT2D eigenvalue weighted by Crippen LogP contribution is 2.30. The van der Waals surface area contributed by atoms with Crippen LogP contribution in [0.2, 0.25) is 0 Å². The van der Waals surface area contributed by atoms with Crippen LogP contribution in [-0.4, -0.2) is 39.9 Å². The van der Waals surface area contributed by atoms with E-state index in [4.69, 9.17) is 10.2 Å². The third-order valence-electron chi connectivity index (χ3n) is 3.33. The predicted molar refractivity (Wildman–Crippen MR) is 70.2 cm³/mol. The highest BCUT2D eigenvalue weighted by Gasteiger charge is 2.25. The average Bonchev–Trinajstić information content (AvgIpc) is 3.09. The first-order valence-electron chi connectivity index (χ1n) is 6.12. The molecule has 98 valence electrons. The van der Waals surface area contributed by atoms with Gasteiger partial charge < -0.3 is 20.5 Å². The van der Waals surface area contributed by atoms with Crippen molar-refractivity contribution < 1.29 is 10.2 Å². The standard InChI is InChI=1S/C12H15N3O.CH4O/c16-7-8-1-2-11(15-8)9-3-5-13-12-10(9)4-6-14-12;1-2/h3-6,8,11,15-16H,1-2,7H2,(H,13,14);2H,1H3/t8-,11+;/m0./s1. The van der Waals surface area contributed by atoms with Crippen LogP contribution in [0, 0.1) is 0 Å². The average molecular weight is 249 g/mol. The predicted octanol–water partition coefficient (Wildman–Crippen LogP) is 0.957. The molecule has 4 N–H and O–H groups in total. The van der Waals surface area contributed by atoms with Crippen LogP contribution in [0.1, 0.15) is 24.4 Å². The van der Waals surface area contributed by atoms with Crippen LogP contribution < -0.4 is 5.32 Å². The maximum Gasteiger partial charge on any atom is 0.137 e. The van der Waals surface area contributed by atoms with Gasteiger partial charge in [0.15, 0.2) is 0 Å². The minimum Gasteiger partial charge on any atom is -0.400 e. The fourth-order valence-electron chi connectivity index (χ4n) is 2.49. The second-order valence-electron chi connectivity index (χ2n) is 4.32. The SMILES string of the molecule is CO.OC[C@@H]1CC[C@H](c2ccnc3[nH]ccc23)N1. The third kappa shape index (κ3) is 2.38. The van der Waals surface area contributed by atoms with Crippen molar-refractivity contribution in [2.45, 2.75) is 24.9 Å². The molecule has 0 unspecified atom stereocenters. The Morgan fingerprint density at radius 3 is 2.89 bits per heavy atom. The molecule has 0 aromatic carbocycles. The van der Waals surface area contributed by atoms with Gasteiger partial charge in [0.05, 0.1) is 6.61 Å². The Bertz CT molecular complexity index is 498. The van der Waals surface area contributed by atoms with Crippen molar-refractivity contribution in [1.29, 1.82) is 0 Å². The van der Waals surface area contributed by atoms with Gasteiger partial charge in [0.2, 0.25) is 0 Å². The lowest BCUT2D eigenvalue weighted by Gasteiger charge is -2.13. The number of H-pyrrole nitrogens is 1. The molecule has 0 spiro atoms. The molecule has 2 atom stereocenters. The highest BCUT2D eigenvalue weighted by molar-refractivity contribution is 5.79. The lowest BCUT2D eigenvalue weighted by atomic mass is 10.0. The Morgan fingerprint density at radius 2 is 2.17 bits per heavy atom. The zero-order chi connectivity index (χ0) is 13.0. The molecule has 1 aliphatic heterocycles. The minimum absolute atomic E-state index is 0.220. The molecule has 1 fully saturated rings. The highest BCUT2D eigenvalue weighted by atomic mass is 16.3. The minimum atomic E-state index is 0.220. The summed E-state index contributed by atoms with van der Waals surface area (Å²) in [5, 5.41) is 20.7. The Balaban J connectivity index is 0.000000574. The van der Waals surface area contributed by atoms with E-state index in [1.54, 1.807) is 0 Å². The summed E-state index contributed by atoms with van der Waals surface area (Å²) in [6.07, 6.45) is 5.87. The number of nitrogens with zero attached hydrogens (tertiary/aromatic N) is 1. The molecule has 0 saturated carbocycles. The van der Waals surface area contributed by atoms with Crippen molar-refractivity contribution in [3.8, 4) is 0 Å². The first kappa shape index (κ1) is 13.0. The summed E-state index contributed by atoms with van der Waals surface area (Å²) in [5.74, 6) is 0. The largest absolute Gasteiger partial charge is 0.400 e. The quantitative estimate of drug-likeness (QED) is 0.639. The van der Waals surface area contributed by atoms with Crippen LogP contribution in [0.4, 0.5) is 0 Å². The van der Waals surface area contributed by atoms with Crippen LogP contribution in [-0.2, 0) is 0 Å². The summed E-state index contributed by atoms with van der Waals surface area (Å²) in [6, 6.07) is 4.71. The molecule has 5 heteroatoms. The van der Waals surface area contributed by atoms with Crippen molar-refractivity contribution in [2.24, 2.45) is 0 Å². The maximum atomic E-state index is 9.12. The Morgan fingerprint density at radius 1 is 1.33 bits per heavy atom. The number of fused-ring (bicyclic) bond motifs is 1. The van der Waals surface area contributed by atoms with Crippen LogP contribution in [0.25, 0.3) is 11.0 Å². The molecule has 18 heavy (non-hydrogen) atoms. The molecule has 0 radical (unpaired) electrons. The third-order valence-corrected chi connectivity index (χ3v) is 3.33. The van der Waals surface area contributed by atoms with Gasteiger partial charge in [-0.15, -0.1) is 0 Å². The Kier molecular flexibility index (Phi) is 4.30. The number of aliphatic hydroxyl groups is 2. The monoisotopic (exact) mass is 249 g/mol. The van der Waals surface area contributed by atoms with Crippen molar-refractivity contribution in [3.63, 3.8) is 0 Å². The first-order chi connectivity index (χ1) is 8.88. The van der Waals surface area contributed by atoms with E-state index in [0.29, 0.717) is 6.04 Å². The van der Waals surface area contributed by atoms with Gasteiger partial charge in [0.25, 0.3) is 0 Å². The number of hydrogen-bond acceptors (Lipinski definition) is 4. The van der Waals surface area contributed by atoms with Gasteiger partial charge in [-0.2, -0.15) is 0 Å². The second kappa shape index (κ2) is 5.95. The number of rotatable bonds is 2. The molecule has 1 saturated heterocycles. The van der Waals surface area contributed by atoms with E-state index in [1.807, 2.05) is 12.4 Å². The molecule has 0 amide bonds. The van der Waals surface area contributed by atoms with E-state index >= 15 is 0 Å². The van der Waals surface area contributed by atoms with Gasteiger partial charge in [-0.1, -0.05) is 0 Å². The van der Waals surface area contributed by atoms with Gasteiger partial charge in [-0.3, -0.25) is 0 Å². The smallest absolute Gasteiger partial charge is 0.137 e. The van der Waals surface area contributed by atoms with E-state index in [-0.39, 0.29) is 12.6 Å². The van der Waals surface area contributed by atoms with Gasteiger partial charge in [-0.25, -0.2) is 4.98 Å². The molecule has 5 nitrogen and oxygen atoms in total. The van der Waals surface area contributed by atoms with Crippen molar-refractivity contribution in [3.05, 3.63) is 30.1 Å². The zero-order valence-electron chi connectivity index (χ0n) is 10.4. The van der Waals surface area contributed by atoms with E-state index < -0.39 is 0 Å². The summed E-state index contributed by atoms with van der Waals surface area (Å²) in [5.41, 5.74) is 2.22. The Hall–Kier alpha value is -1.43. The normalized spacial score (nSPS) is 22.8. The van der Waals surface area contributed by atoms with Crippen LogP contribution in [0.5, 0.6) is 0 Å². The molecular formula is C13H19N3O2. The molecule has 0 aliphatic carbocycles.